The van der Waals surface area contributed by atoms with Gasteiger partial charge in [0.2, 0.25) is 0 Å². The van der Waals surface area contributed by atoms with Crippen LogP contribution >= 0.6 is 11.6 Å². The minimum absolute atomic E-state index is 0.0767. The fourth-order valence-corrected chi connectivity index (χ4v) is 2.87. The Morgan fingerprint density at radius 3 is 2.68 bits per heavy atom. The second-order valence-corrected chi connectivity index (χ2v) is 6.57. The highest BCUT2D eigenvalue weighted by Gasteiger charge is 2.22. The van der Waals surface area contributed by atoms with Crippen LogP contribution in [0, 0.1) is 24.0 Å². The number of aromatic nitrogens is 2. The van der Waals surface area contributed by atoms with Crippen molar-refractivity contribution in [2.45, 2.75) is 40.2 Å². The Morgan fingerprint density at radius 1 is 1.36 bits per heavy atom. The molecule has 1 heterocycles. The summed E-state index contributed by atoms with van der Waals surface area (Å²) >= 11 is 6.21. The molecule has 0 radical (unpaired) electrons. The summed E-state index contributed by atoms with van der Waals surface area (Å²) in [6.07, 6.45) is 1.82. The van der Waals surface area contributed by atoms with Crippen molar-refractivity contribution in [3.63, 3.8) is 0 Å². The molecule has 0 saturated carbocycles. The highest BCUT2D eigenvalue weighted by Crippen LogP contribution is 2.22. The van der Waals surface area contributed by atoms with Crippen LogP contribution < -0.4 is 5.32 Å². The van der Waals surface area contributed by atoms with E-state index in [0.717, 1.165) is 12.8 Å². The number of anilines is 1. The third-order valence-corrected chi connectivity index (χ3v) is 4.41. The largest absolute Gasteiger partial charge is 0.452 e. The van der Waals surface area contributed by atoms with Crippen LogP contribution in [0.3, 0.4) is 0 Å². The third-order valence-electron chi connectivity index (χ3n) is 4.02. The van der Waals surface area contributed by atoms with Crippen molar-refractivity contribution in [3.05, 3.63) is 50.3 Å². The summed E-state index contributed by atoms with van der Waals surface area (Å²) in [5, 5.41) is 17.7. The average molecular weight is 409 g/mol. The molecule has 0 atom stereocenters. The highest BCUT2D eigenvalue weighted by molar-refractivity contribution is 6.32. The van der Waals surface area contributed by atoms with E-state index in [1.165, 1.54) is 22.9 Å². The number of benzene rings is 1. The summed E-state index contributed by atoms with van der Waals surface area (Å²) in [5.74, 6) is -1.31. The van der Waals surface area contributed by atoms with Crippen LogP contribution in [-0.4, -0.2) is 33.2 Å². The van der Waals surface area contributed by atoms with Gasteiger partial charge < -0.3 is 10.1 Å². The van der Waals surface area contributed by atoms with Gasteiger partial charge in [-0.3, -0.25) is 19.6 Å². The first kappa shape index (κ1) is 21.4. The van der Waals surface area contributed by atoms with Crippen LogP contribution in [0.5, 0.6) is 0 Å². The lowest BCUT2D eigenvalue weighted by molar-refractivity contribution is -0.384. The van der Waals surface area contributed by atoms with Gasteiger partial charge in [-0.25, -0.2) is 4.79 Å². The van der Waals surface area contributed by atoms with E-state index in [4.69, 9.17) is 16.3 Å². The standard InChI is InChI=1S/C18H21ClN4O5/c1-4-5-8-22-17(19)16(12(3)21-22)18(25)28-10-15(24)20-14-7-6-13(23(26)27)9-11(14)2/h6-7,9H,4-5,8,10H2,1-3H3,(H,20,24). The van der Waals surface area contributed by atoms with Crippen LogP contribution in [0.15, 0.2) is 18.2 Å². The number of carbonyl (C=O) groups is 2. The van der Waals surface area contributed by atoms with Crippen molar-refractivity contribution >= 4 is 34.9 Å². The van der Waals surface area contributed by atoms with Gasteiger partial charge in [0.15, 0.2) is 6.61 Å². The van der Waals surface area contributed by atoms with Gasteiger partial charge in [-0.15, -0.1) is 0 Å². The molecule has 2 aromatic rings. The first-order chi connectivity index (χ1) is 13.2. The number of unbranched alkanes of at least 4 members (excludes halogenated alkanes) is 1. The number of nitro benzene ring substituents is 1. The summed E-state index contributed by atoms with van der Waals surface area (Å²) in [7, 11) is 0. The summed E-state index contributed by atoms with van der Waals surface area (Å²) < 4.78 is 6.59. The number of hydrogen-bond acceptors (Lipinski definition) is 6. The van der Waals surface area contributed by atoms with Gasteiger partial charge >= 0.3 is 5.97 Å². The SMILES string of the molecule is CCCCn1nc(C)c(C(=O)OCC(=O)Nc2ccc([N+](=O)[O-])cc2C)c1Cl. The minimum atomic E-state index is -0.735. The highest BCUT2D eigenvalue weighted by atomic mass is 35.5. The van der Waals surface area contributed by atoms with Gasteiger partial charge in [0.05, 0.1) is 10.6 Å². The molecule has 0 spiro atoms. The number of nitro groups is 1. The molecule has 0 aliphatic heterocycles. The normalized spacial score (nSPS) is 10.6. The van der Waals surface area contributed by atoms with Crippen molar-refractivity contribution in [2.75, 3.05) is 11.9 Å². The van der Waals surface area contributed by atoms with E-state index in [9.17, 15) is 19.7 Å². The Morgan fingerprint density at radius 2 is 2.07 bits per heavy atom. The number of amides is 1. The number of non-ortho nitro benzene ring substituents is 1. The van der Waals surface area contributed by atoms with Crippen LogP contribution in [0.25, 0.3) is 0 Å². The quantitative estimate of drug-likeness (QED) is 0.404. The number of ether oxygens (including phenoxy) is 1. The molecule has 9 nitrogen and oxygen atoms in total. The topological polar surface area (TPSA) is 116 Å². The number of aryl methyl sites for hydroxylation is 3. The average Bonchev–Trinajstić information content (AvgIpc) is 2.93. The van der Waals surface area contributed by atoms with E-state index < -0.39 is 23.4 Å². The zero-order valence-electron chi connectivity index (χ0n) is 15.8. The molecule has 0 saturated heterocycles. The van der Waals surface area contributed by atoms with Gasteiger partial charge in [0.1, 0.15) is 10.7 Å². The van der Waals surface area contributed by atoms with Gasteiger partial charge in [-0.1, -0.05) is 24.9 Å². The third kappa shape index (κ3) is 5.07. The maximum Gasteiger partial charge on any atom is 0.343 e. The predicted molar refractivity (Wildman–Crippen MR) is 104 cm³/mol. The zero-order valence-corrected chi connectivity index (χ0v) is 16.6. The molecule has 0 unspecified atom stereocenters. The number of nitrogens with zero attached hydrogens (tertiary/aromatic N) is 3. The Bertz CT molecular complexity index is 910. The number of esters is 1. The van der Waals surface area contributed by atoms with E-state index >= 15 is 0 Å². The molecule has 0 aliphatic rings. The fourth-order valence-electron chi connectivity index (χ4n) is 2.53. The van der Waals surface area contributed by atoms with Crippen molar-refractivity contribution < 1.29 is 19.2 Å². The monoisotopic (exact) mass is 408 g/mol. The van der Waals surface area contributed by atoms with Crippen LogP contribution in [0.4, 0.5) is 11.4 Å². The van der Waals surface area contributed by atoms with Gasteiger partial charge in [-0.05, 0) is 31.9 Å². The smallest absolute Gasteiger partial charge is 0.343 e. The van der Waals surface area contributed by atoms with Crippen molar-refractivity contribution in [1.82, 2.24) is 9.78 Å². The lowest BCUT2D eigenvalue weighted by Crippen LogP contribution is -2.21. The van der Waals surface area contributed by atoms with Crippen molar-refractivity contribution in [3.8, 4) is 0 Å². The van der Waals surface area contributed by atoms with E-state index in [2.05, 4.69) is 10.4 Å². The lowest BCUT2D eigenvalue weighted by atomic mass is 10.2. The number of halogens is 1. The van der Waals surface area contributed by atoms with Gasteiger partial charge in [0, 0.05) is 24.4 Å². The maximum absolute atomic E-state index is 12.3. The van der Waals surface area contributed by atoms with E-state index in [1.54, 1.807) is 13.8 Å². The van der Waals surface area contributed by atoms with E-state index in [1.807, 2.05) is 6.92 Å². The van der Waals surface area contributed by atoms with Crippen LogP contribution in [-0.2, 0) is 16.1 Å². The number of nitrogens with one attached hydrogen (secondary N) is 1. The predicted octanol–water partition coefficient (Wildman–Crippen LogP) is 3.66. The van der Waals surface area contributed by atoms with Crippen molar-refractivity contribution in [1.29, 1.82) is 0 Å². The fraction of sp³-hybridized carbons (Fsp3) is 0.389. The molecular weight excluding hydrogens is 388 g/mol. The first-order valence-electron chi connectivity index (χ1n) is 8.69. The number of rotatable bonds is 8. The first-order valence-corrected chi connectivity index (χ1v) is 9.07. The summed E-state index contributed by atoms with van der Waals surface area (Å²) in [4.78, 5) is 34.6. The Balaban J connectivity index is 1.99. The van der Waals surface area contributed by atoms with Crippen molar-refractivity contribution in [2.24, 2.45) is 0 Å². The minimum Gasteiger partial charge on any atom is -0.452 e. The molecule has 0 bridgehead atoms. The number of carbonyl (C=O) groups excluding carboxylic acids is 2. The molecule has 0 fully saturated rings. The summed E-state index contributed by atoms with van der Waals surface area (Å²) in [6.45, 7) is 5.37. The second kappa shape index (κ2) is 9.32. The van der Waals surface area contributed by atoms with Crippen LogP contribution in [0.2, 0.25) is 5.15 Å². The molecule has 28 heavy (non-hydrogen) atoms. The molecule has 1 amide bonds. The summed E-state index contributed by atoms with van der Waals surface area (Å²) in [6, 6.07) is 4.05. The molecule has 150 valence electrons. The van der Waals surface area contributed by atoms with E-state index in [-0.39, 0.29) is 16.4 Å². The van der Waals surface area contributed by atoms with Gasteiger partial charge in [0.25, 0.3) is 11.6 Å². The Hall–Kier alpha value is -2.94. The number of hydrogen-bond donors (Lipinski definition) is 1. The Kier molecular flexibility index (Phi) is 7.11. The summed E-state index contributed by atoms with van der Waals surface area (Å²) in [5.41, 5.74) is 1.40. The molecular formula is C18H21ClN4O5. The van der Waals surface area contributed by atoms with Gasteiger partial charge in [-0.2, -0.15) is 5.10 Å². The molecule has 2 rings (SSSR count). The lowest BCUT2D eigenvalue weighted by Gasteiger charge is -2.09. The van der Waals surface area contributed by atoms with Crippen LogP contribution in [0.1, 0.15) is 41.4 Å². The Labute approximate surface area is 166 Å². The molecule has 1 aromatic heterocycles. The zero-order chi connectivity index (χ0) is 20.8. The molecule has 1 N–H and O–H groups in total. The van der Waals surface area contributed by atoms with E-state index in [0.29, 0.717) is 23.5 Å². The maximum atomic E-state index is 12.3. The molecule has 1 aromatic carbocycles. The second-order valence-electron chi connectivity index (χ2n) is 6.21. The molecule has 0 aliphatic carbocycles. The molecule has 10 heteroatoms.